The number of hydrogen-bond acceptors (Lipinski definition) is 4. The quantitative estimate of drug-likeness (QED) is 0.830. The molecule has 0 bridgehead atoms. The van der Waals surface area contributed by atoms with Crippen molar-refractivity contribution in [3.05, 3.63) is 17.0 Å². The Bertz CT molecular complexity index is 434. The Balaban J connectivity index is 2.43. The fourth-order valence-corrected chi connectivity index (χ4v) is 2.35. The maximum atomic E-state index is 11.9. The molecule has 1 aromatic heterocycles. The summed E-state index contributed by atoms with van der Waals surface area (Å²) in [5.74, 6) is -0.0870. The SMILES string of the molecule is CC(N)CCCC(C)C(=O)Nc1sccc1C#N. The number of amides is 1. The zero-order chi connectivity index (χ0) is 13.5. The van der Waals surface area contributed by atoms with Gasteiger partial charge in [0.25, 0.3) is 0 Å². The lowest BCUT2D eigenvalue weighted by molar-refractivity contribution is -0.119. The molecule has 0 spiro atoms. The van der Waals surface area contributed by atoms with Crippen molar-refractivity contribution in [1.82, 2.24) is 0 Å². The average Bonchev–Trinajstić information content (AvgIpc) is 2.75. The van der Waals surface area contributed by atoms with Crippen LogP contribution in [-0.2, 0) is 4.79 Å². The minimum atomic E-state index is -0.0580. The average molecular weight is 265 g/mol. The van der Waals surface area contributed by atoms with Crippen molar-refractivity contribution < 1.29 is 4.79 Å². The van der Waals surface area contributed by atoms with Gasteiger partial charge < -0.3 is 11.1 Å². The third-order valence-corrected chi connectivity index (χ3v) is 3.60. The lowest BCUT2D eigenvalue weighted by atomic mass is 10.0. The van der Waals surface area contributed by atoms with Crippen LogP contribution in [0.25, 0.3) is 0 Å². The number of nitriles is 1. The smallest absolute Gasteiger partial charge is 0.227 e. The van der Waals surface area contributed by atoms with Crippen molar-refractivity contribution >= 4 is 22.2 Å². The van der Waals surface area contributed by atoms with Crippen LogP contribution in [0.2, 0.25) is 0 Å². The highest BCUT2D eigenvalue weighted by Crippen LogP contribution is 2.23. The minimum absolute atomic E-state index is 0.0291. The van der Waals surface area contributed by atoms with Crippen LogP contribution in [-0.4, -0.2) is 11.9 Å². The first-order valence-corrected chi connectivity index (χ1v) is 6.96. The van der Waals surface area contributed by atoms with E-state index in [2.05, 4.69) is 11.4 Å². The number of hydrogen-bond donors (Lipinski definition) is 2. The van der Waals surface area contributed by atoms with E-state index in [9.17, 15) is 4.79 Å². The molecule has 0 aliphatic carbocycles. The summed E-state index contributed by atoms with van der Waals surface area (Å²) < 4.78 is 0. The van der Waals surface area contributed by atoms with Crippen molar-refractivity contribution in [3.8, 4) is 6.07 Å². The van der Waals surface area contributed by atoms with E-state index in [1.165, 1.54) is 11.3 Å². The van der Waals surface area contributed by atoms with E-state index in [0.717, 1.165) is 19.3 Å². The number of rotatable bonds is 6. The molecule has 98 valence electrons. The van der Waals surface area contributed by atoms with Gasteiger partial charge in [0.1, 0.15) is 11.1 Å². The van der Waals surface area contributed by atoms with E-state index in [1.54, 1.807) is 11.4 Å². The lowest BCUT2D eigenvalue weighted by Crippen LogP contribution is -2.21. The van der Waals surface area contributed by atoms with Crippen LogP contribution in [0.15, 0.2) is 11.4 Å². The van der Waals surface area contributed by atoms with E-state index in [1.807, 2.05) is 13.8 Å². The molecule has 3 N–H and O–H groups in total. The van der Waals surface area contributed by atoms with Crippen molar-refractivity contribution in [3.63, 3.8) is 0 Å². The third kappa shape index (κ3) is 4.47. The van der Waals surface area contributed by atoms with Gasteiger partial charge in [-0.25, -0.2) is 0 Å². The Morgan fingerprint density at radius 3 is 2.89 bits per heavy atom. The number of nitrogens with two attached hydrogens (primary N) is 1. The molecule has 4 nitrogen and oxygen atoms in total. The van der Waals surface area contributed by atoms with Gasteiger partial charge in [0.05, 0.1) is 5.56 Å². The molecule has 0 aliphatic heterocycles. The second kappa shape index (κ2) is 7.14. The van der Waals surface area contributed by atoms with Crippen LogP contribution < -0.4 is 11.1 Å². The second-order valence-electron chi connectivity index (χ2n) is 4.57. The molecule has 2 unspecified atom stereocenters. The van der Waals surface area contributed by atoms with E-state index >= 15 is 0 Å². The molecule has 0 fully saturated rings. The van der Waals surface area contributed by atoms with E-state index in [4.69, 9.17) is 11.0 Å². The fourth-order valence-electron chi connectivity index (χ4n) is 1.61. The highest BCUT2D eigenvalue weighted by molar-refractivity contribution is 7.14. The van der Waals surface area contributed by atoms with Gasteiger partial charge in [-0.05, 0) is 31.2 Å². The fraction of sp³-hybridized carbons (Fsp3) is 0.538. The number of thiophene rings is 1. The maximum Gasteiger partial charge on any atom is 0.227 e. The van der Waals surface area contributed by atoms with Crippen LogP contribution in [0.1, 0.15) is 38.7 Å². The topological polar surface area (TPSA) is 78.9 Å². The highest BCUT2D eigenvalue weighted by atomic mass is 32.1. The molecule has 0 aliphatic rings. The Morgan fingerprint density at radius 1 is 1.56 bits per heavy atom. The molecule has 5 heteroatoms. The standard InChI is InChI=1S/C13H19N3OS/c1-9(4-3-5-10(2)15)12(17)16-13-11(8-14)6-7-18-13/h6-7,9-10H,3-5,15H2,1-2H3,(H,16,17). The van der Waals surface area contributed by atoms with Crippen LogP contribution in [0, 0.1) is 17.2 Å². The molecule has 0 saturated heterocycles. The summed E-state index contributed by atoms with van der Waals surface area (Å²) in [4.78, 5) is 11.9. The third-order valence-electron chi connectivity index (χ3n) is 2.77. The predicted molar refractivity (Wildman–Crippen MR) is 74.3 cm³/mol. The van der Waals surface area contributed by atoms with Crippen LogP contribution in [0.5, 0.6) is 0 Å². The zero-order valence-electron chi connectivity index (χ0n) is 10.8. The molecule has 1 rings (SSSR count). The van der Waals surface area contributed by atoms with E-state index in [0.29, 0.717) is 10.6 Å². The number of nitrogens with zero attached hydrogens (tertiary/aromatic N) is 1. The molecule has 18 heavy (non-hydrogen) atoms. The second-order valence-corrected chi connectivity index (χ2v) is 5.49. The zero-order valence-corrected chi connectivity index (χ0v) is 11.6. The van der Waals surface area contributed by atoms with Gasteiger partial charge in [0.2, 0.25) is 5.91 Å². The van der Waals surface area contributed by atoms with Crippen molar-refractivity contribution in [2.24, 2.45) is 11.7 Å². The molecule has 0 saturated carbocycles. The Labute approximate surface area is 112 Å². The van der Waals surface area contributed by atoms with Gasteiger partial charge in [0.15, 0.2) is 0 Å². The largest absolute Gasteiger partial charge is 0.328 e. The first-order chi connectivity index (χ1) is 8.54. The molecule has 1 aromatic rings. The Hall–Kier alpha value is -1.38. The van der Waals surface area contributed by atoms with Gasteiger partial charge in [-0.15, -0.1) is 11.3 Å². The Kier molecular flexibility index (Phi) is 5.83. The van der Waals surface area contributed by atoms with Crippen LogP contribution >= 0.6 is 11.3 Å². The summed E-state index contributed by atoms with van der Waals surface area (Å²) in [5.41, 5.74) is 6.19. The first kappa shape index (κ1) is 14.7. The molecular formula is C13H19N3OS. The van der Waals surface area contributed by atoms with Crippen LogP contribution in [0.3, 0.4) is 0 Å². The van der Waals surface area contributed by atoms with E-state index in [-0.39, 0.29) is 17.9 Å². The number of anilines is 1. The number of nitrogens with one attached hydrogen (secondary N) is 1. The van der Waals surface area contributed by atoms with Crippen molar-refractivity contribution in [2.45, 2.75) is 39.2 Å². The summed E-state index contributed by atoms with van der Waals surface area (Å²) in [7, 11) is 0. The summed E-state index contributed by atoms with van der Waals surface area (Å²) >= 11 is 1.37. The van der Waals surface area contributed by atoms with Crippen molar-refractivity contribution in [2.75, 3.05) is 5.32 Å². The predicted octanol–water partition coefficient (Wildman–Crippen LogP) is 2.71. The Morgan fingerprint density at radius 2 is 2.28 bits per heavy atom. The summed E-state index contributed by atoms with van der Waals surface area (Å²) in [6.07, 6.45) is 2.70. The molecule has 0 aromatic carbocycles. The van der Waals surface area contributed by atoms with Gasteiger partial charge in [-0.1, -0.05) is 13.3 Å². The summed E-state index contributed by atoms with van der Waals surface area (Å²) in [5, 5.41) is 14.1. The van der Waals surface area contributed by atoms with Gasteiger partial charge in [-0.2, -0.15) is 5.26 Å². The monoisotopic (exact) mass is 265 g/mol. The van der Waals surface area contributed by atoms with E-state index < -0.39 is 0 Å². The van der Waals surface area contributed by atoms with Gasteiger partial charge in [-0.3, -0.25) is 4.79 Å². The van der Waals surface area contributed by atoms with Gasteiger partial charge in [0, 0.05) is 12.0 Å². The van der Waals surface area contributed by atoms with Crippen LogP contribution in [0.4, 0.5) is 5.00 Å². The maximum absolute atomic E-state index is 11.9. The van der Waals surface area contributed by atoms with Crippen molar-refractivity contribution in [1.29, 1.82) is 5.26 Å². The molecule has 2 atom stereocenters. The first-order valence-electron chi connectivity index (χ1n) is 6.08. The molecule has 1 amide bonds. The normalized spacial score (nSPS) is 13.7. The number of carbonyl (C=O) groups excluding carboxylic acids is 1. The summed E-state index contributed by atoms with van der Waals surface area (Å²) in [6.45, 7) is 3.87. The molecule has 1 heterocycles. The molecule has 0 radical (unpaired) electrons. The molecular weight excluding hydrogens is 246 g/mol. The lowest BCUT2D eigenvalue weighted by Gasteiger charge is -2.12. The number of carbonyl (C=O) groups is 1. The summed E-state index contributed by atoms with van der Waals surface area (Å²) in [6, 6.07) is 3.95. The van der Waals surface area contributed by atoms with Gasteiger partial charge >= 0.3 is 0 Å². The highest BCUT2D eigenvalue weighted by Gasteiger charge is 2.15. The minimum Gasteiger partial charge on any atom is -0.328 e.